The van der Waals surface area contributed by atoms with E-state index in [4.69, 9.17) is 9.47 Å². The fraction of sp³-hybridized carbons (Fsp3) is 0.345. The molecular weight excluding hydrogens is 544 g/mol. The van der Waals surface area contributed by atoms with E-state index >= 15 is 0 Å². The summed E-state index contributed by atoms with van der Waals surface area (Å²) in [6.07, 6.45) is 3.54. The lowest BCUT2D eigenvalue weighted by Crippen LogP contribution is -2.53. The maximum absolute atomic E-state index is 13.6. The van der Waals surface area contributed by atoms with E-state index in [1.54, 1.807) is 43.1 Å². The average molecular weight is 577 g/mol. The third kappa shape index (κ3) is 6.32. The van der Waals surface area contributed by atoms with Gasteiger partial charge in [-0.3, -0.25) is 14.4 Å². The van der Waals surface area contributed by atoms with Crippen molar-refractivity contribution in [1.82, 2.24) is 30.1 Å². The van der Waals surface area contributed by atoms with Gasteiger partial charge in [-0.2, -0.15) is 0 Å². The third-order valence-electron chi connectivity index (χ3n) is 6.87. The highest BCUT2D eigenvalue weighted by Gasteiger charge is 2.27. The first kappa shape index (κ1) is 28.1. The molecule has 1 aliphatic rings. The molecule has 11 nitrogen and oxygen atoms in total. The first-order valence-electron chi connectivity index (χ1n) is 13.4. The van der Waals surface area contributed by atoms with Crippen molar-refractivity contribution >= 4 is 39.3 Å². The molecule has 5 rings (SSSR count). The van der Waals surface area contributed by atoms with Crippen LogP contribution in [0.5, 0.6) is 11.5 Å². The second-order valence-electron chi connectivity index (χ2n) is 10.0. The number of ether oxygens (including phenoxy) is 2. The van der Waals surface area contributed by atoms with Gasteiger partial charge in [0, 0.05) is 36.6 Å². The normalized spacial score (nSPS) is 16.9. The third-order valence-corrected chi connectivity index (χ3v) is 7.67. The highest BCUT2D eigenvalue weighted by atomic mass is 32.1. The zero-order valence-electron chi connectivity index (χ0n) is 23.1. The van der Waals surface area contributed by atoms with Crippen molar-refractivity contribution in [3.05, 3.63) is 59.9 Å². The van der Waals surface area contributed by atoms with Crippen LogP contribution in [0.2, 0.25) is 0 Å². The predicted octanol–water partition coefficient (Wildman–Crippen LogP) is 2.96. The summed E-state index contributed by atoms with van der Waals surface area (Å²) in [6, 6.07) is 10.0. The van der Waals surface area contributed by atoms with Crippen LogP contribution in [0.4, 0.5) is 0 Å². The van der Waals surface area contributed by atoms with Gasteiger partial charge in [0.05, 0.1) is 35.9 Å². The number of carbonyl (C=O) groups is 3. The SMILES string of the molecule is COc1ccc2cc1OCCN(C(=O)c1ccc3ncsc3c1)CC(=O)N[C@H](C(C)C)C(=O)NCCn1ccnc1-2. The van der Waals surface area contributed by atoms with Gasteiger partial charge in [-0.1, -0.05) is 13.8 Å². The minimum Gasteiger partial charge on any atom is -0.493 e. The van der Waals surface area contributed by atoms with Crippen molar-refractivity contribution in [2.75, 3.05) is 33.4 Å². The minimum absolute atomic E-state index is 0.101. The Balaban J connectivity index is 1.47. The number of carbonyl (C=O) groups excluding carboxylic acids is 3. The standard InChI is InChI=1S/C29H32N6O5S/c1-18(2)26-28(37)31-9-11-34-10-8-30-27(34)19-5-7-22(39-3)23(14-19)40-13-12-35(16-25(36)33-26)29(38)20-4-6-21-24(15-20)41-17-32-21/h4-8,10,14-15,17-18,26H,9,11-13,16H2,1-3H3,(H,31,37)(H,33,36)/t26-/m1/s1. The van der Waals surface area contributed by atoms with Crippen molar-refractivity contribution in [3.8, 4) is 22.9 Å². The number of methoxy groups -OCH3 is 1. The second kappa shape index (κ2) is 12.4. The van der Waals surface area contributed by atoms with Gasteiger partial charge in [0.25, 0.3) is 5.91 Å². The molecule has 2 N–H and O–H groups in total. The zero-order chi connectivity index (χ0) is 28.9. The summed E-state index contributed by atoms with van der Waals surface area (Å²) in [5, 5.41) is 5.75. The summed E-state index contributed by atoms with van der Waals surface area (Å²) in [4.78, 5) is 50.1. The van der Waals surface area contributed by atoms with Gasteiger partial charge in [0.1, 0.15) is 18.5 Å². The fourth-order valence-electron chi connectivity index (χ4n) is 4.70. The molecule has 0 radical (unpaired) electrons. The highest BCUT2D eigenvalue weighted by molar-refractivity contribution is 7.16. The molecule has 4 aromatic rings. The molecule has 2 bridgehead atoms. The molecule has 0 fully saturated rings. The Hall–Kier alpha value is -4.45. The molecule has 2 aromatic heterocycles. The van der Waals surface area contributed by atoms with Crippen LogP contribution in [-0.2, 0) is 16.1 Å². The Morgan fingerprint density at radius 1 is 1.15 bits per heavy atom. The molecule has 0 aliphatic carbocycles. The van der Waals surface area contributed by atoms with E-state index in [2.05, 4.69) is 20.6 Å². The number of rotatable bonds is 3. The monoisotopic (exact) mass is 576 g/mol. The molecule has 0 saturated heterocycles. The number of amides is 3. The number of aromatic nitrogens is 3. The number of imidazole rings is 1. The number of nitrogens with zero attached hydrogens (tertiary/aromatic N) is 4. The number of benzene rings is 2. The Kier molecular flexibility index (Phi) is 8.48. The van der Waals surface area contributed by atoms with Crippen LogP contribution in [0.3, 0.4) is 0 Å². The largest absolute Gasteiger partial charge is 0.493 e. The van der Waals surface area contributed by atoms with Crippen LogP contribution in [0.15, 0.2) is 54.3 Å². The first-order chi connectivity index (χ1) is 19.8. The molecule has 0 unspecified atom stereocenters. The van der Waals surface area contributed by atoms with Crippen LogP contribution in [0.25, 0.3) is 21.6 Å². The van der Waals surface area contributed by atoms with E-state index in [1.165, 1.54) is 16.2 Å². The Morgan fingerprint density at radius 3 is 2.80 bits per heavy atom. The van der Waals surface area contributed by atoms with Crippen molar-refractivity contribution in [2.45, 2.75) is 26.4 Å². The van der Waals surface area contributed by atoms with Gasteiger partial charge >= 0.3 is 0 Å². The number of nitrogens with one attached hydrogen (secondary N) is 2. The number of fused-ring (bicyclic) bond motifs is 5. The minimum atomic E-state index is -0.763. The van der Waals surface area contributed by atoms with Gasteiger partial charge < -0.3 is 29.6 Å². The zero-order valence-corrected chi connectivity index (χ0v) is 23.9. The van der Waals surface area contributed by atoms with Gasteiger partial charge in [-0.25, -0.2) is 9.97 Å². The average Bonchev–Trinajstić information content (AvgIpc) is 3.63. The molecule has 0 spiro atoms. The van der Waals surface area contributed by atoms with E-state index in [0.717, 1.165) is 15.8 Å². The van der Waals surface area contributed by atoms with Gasteiger partial charge in [0.15, 0.2) is 11.5 Å². The molecule has 3 amide bonds. The van der Waals surface area contributed by atoms with Crippen molar-refractivity contribution in [3.63, 3.8) is 0 Å². The summed E-state index contributed by atoms with van der Waals surface area (Å²) in [5.74, 6) is 0.503. The molecule has 214 valence electrons. The smallest absolute Gasteiger partial charge is 0.254 e. The summed E-state index contributed by atoms with van der Waals surface area (Å²) in [6.45, 7) is 4.52. The van der Waals surface area contributed by atoms with E-state index in [1.807, 2.05) is 36.7 Å². The second-order valence-corrected chi connectivity index (χ2v) is 10.9. The van der Waals surface area contributed by atoms with Crippen LogP contribution < -0.4 is 20.1 Å². The van der Waals surface area contributed by atoms with E-state index in [9.17, 15) is 14.4 Å². The molecular formula is C29H32N6O5S. The lowest BCUT2D eigenvalue weighted by Gasteiger charge is -2.26. The van der Waals surface area contributed by atoms with E-state index in [0.29, 0.717) is 36.0 Å². The molecule has 0 saturated carbocycles. The highest BCUT2D eigenvalue weighted by Crippen LogP contribution is 2.32. The molecule has 1 aliphatic heterocycles. The number of hydrogen-bond donors (Lipinski definition) is 2. The Labute approximate surface area is 241 Å². The van der Waals surface area contributed by atoms with Crippen molar-refractivity contribution in [2.24, 2.45) is 5.92 Å². The fourth-order valence-corrected chi connectivity index (χ4v) is 5.42. The molecule has 3 heterocycles. The summed E-state index contributed by atoms with van der Waals surface area (Å²) >= 11 is 1.44. The summed E-state index contributed by atoms with van der Waals surface area (Å²) in [7, 11) is 1.56. The van der Waals surface area contributed by atoms with E-state index in [-0.39, 0.29) is 37.4 Å². The maximum Gasteiger partial charge on any atom is 0.254 e. The molecule has 1 atom stereocenters. The van der Waals surface area contributed by atoms with Crippen molar-refractivity contribution in [1.29, 1.82) is 0 Å². The quantitative estimate of drug-likeness (QED) is 0.384. The van der Waals surface area contributed by atoms with Crippen molar-refractivity contribution < 1.29 is 23.9 Å². The van der Waals surface area contributed by atoms with Gasteiger partial charge in [0.2, 0.25) is 11.8 Å². The molecule has 12 heteroatoms. The van der Waals surface area contributed by atoms with Crippen LogP contribution in [0.1, 0.15) is 24.2 Å². The van der Waals surface area contributed by atoms with Gasteiger partial charge in [-0.15, -0.1) is 11.3 Å². The summed E-state index contributed by atoms with van der Waals surface area (Å²) < 4.78 is 14.4. The lowest BCUT2D eigenvalue weighted by atomic mass is 10.0. The van der Waals surface area contributed by atoms with Crippen LogP contribution in [-0.4, -0.2) is 76.5 Å². The lowest BCUT2D eigenvalue weighted by molar-refractivity contribution is -0.130. The topological polar surface area (TPSA) is 128 Å². The number of hydrogen-bond acceptors (Lipinski definition) is 8. The first-order valence-corrected chi connectivity index (χ1v) is 14.2. The Morgan fingerprint density at radius 2 is 2.00 bits per heavy atom. The predicted molar refractivity (Wildman–Crippen MR) is 155 cm³/mol. The van der Waals surface area contributed by atoms with Gasteiger partial charge in [-0.05, 0) is 42.3 Å². The van der Waals surface area contributed by atoms with Crippen LogP contribution in [0, 0.1) is 5.92 Å². The Bertz CT molecular complexity index is 1560. The van der Waals surface area contributed by atoms with Crippen LogP contribution >= 0.6 is 11.3 Å². The van der Waals surface area contributed by atoms with E-state index < -0.39 is 11.9 Å². The molecule has 41 heavy (non-hydrogen) atoms. The summed E-state index contributed by atoms with van der Waals surface area (Å²) in [5.41, 5.74) is 3.77. The number of thiazole rings is 1. The molecule has 2 aromatic carbocycles. The maximum atomic E-state index is 13.6.